The summed E-state index contributed by atoms with van der Waals surface area (Å²) in [6.45, 7) is 10.0. The number of aromatic nitrogens is 3. The first kappa shape index (κ1) is 28.0. The number of nitrogens with zero attached hydrogens (tertiary/aromatic N) is 3. The minimum Gasteiger partial charge on any atom is -0.496 e. The van der Waals surface area contributed by atoms with E-state index >= 15 is 0 Å². The molecule has 0 aliphatic heterocycles. The van der Waals surface area contributed by atoms with Gasteiger partial charge in [0.05, 0.1) is 19.2 Å². The van der Waals surface area contributed by atoms with Gasteiger partial charge in [-0.1, -0.05) is 31.9 Å². The minimum atomic E-state index is -0.488. The summed E-state index contributed by atoms with van der Waals surface area (Å²) < 4.78 is 13.4. The van der Waals surface area contributed by atoms with Crippen molar-refractivity contribution in [2.45, 2.75) is 96.0 Å². The topological polar surface area (TPSA) is 128 Å². The first-order valence-electron chi connectivity index (χ1n) is 14.3. The second kappa shape index (κ2) is 10.8. The molecule has 40 heavy (non-hydrogen) atoms. The third-order valence-electron chi connectivity index (χ3n) is 7.86. The second-order valence-electron chi connectivity index (χ2n) is 12.5. The number of methoxy groups -OCH3 is 1. The zero-order valence-electron chi connectivity index (χ0n) is 24.4. The van der Waals surface area contributed by atoms with Gasteiger partial charge >= 0.3 is 6.09 Å². The maximum atomic E-state index is 12.2. The van der Waals surface area contributed by atoms with Crippen LogP contribution in [-0.2, 0) is 17.8 Å². The number of benzene rings is 1. The van der Waals surface area contributed by atoms with Gasteiger partial charge in [-0.05, 0) is 64.2 Å². The third-order valence-corrected chi connectivity index (χ3v) is 7.86. The largest absolute Gasteiger partial charge is 0.496 e. The van der Waals surface area contributed by atoms with Crippen molar-refractivity contribution in [3.8, 4) is 5.75 Å². The van der Waals surface area contributed by atoms with E-state index in [2.05, 4.69) is 55.6 Å². The number of fused-ring (bicyclic) bond motifs is 1. The van der Waals surface area contributed by atoms with E-state index in [1.165, 1.54) is 6.42 Å². The number of ether oxygens (including phenoxy) is 2. The zero-order chi connectivity index (χ0) is 28.5. The van der Waals surface area contributed by atoms with Crippen molar-refractivity contribution in [1.82, 2.24) is 25.2 Å². The lowest BCUT2D eigenvalue weighted by molar-refractivity contribution is -0.105. The molecule has 5 N–H and O–H groups in total. The molecule has 0 radical (unpaired) electrons. The highest BCUT2D eigenvalue weighted by atomic mass is 16.6. The van der Waals surface area contributed by atoms with Crippen molar-refractivity contribution in [2.75, 3.05) is 24.7 Å². The number of rotatable bonds is 12. The molecule has 1 aromatic carbocycles. The Bertz CT molecular complexity index is 1360. The minimum absolute atomic E-state index is 0.0906. The quantitative estimate of drug-likeness (QED) is 0.233. The van der Waals surface area contributed by atoms with Crippen LogP contribution in [0.1, 0.15) is 77.3 Å². The van der Waals surface area contributed by atoms with Gasteiger partial charge in [0, 0.05) is 35.9 Å². The first-order valence-corrected chi connectivity index (χ1v) is 14.3. The van der Waals surface area contributed by atoms with E-state index in [0.29, 0.717) is 6.54 Å². The molecular weight excluding hydrogens is 506 g/mol. The van der Waals surface area contributed by atoms with Gasteiger partial charge in [0.25, 0.3) is 0 Å². The number of nitrogens with one attached hydrogen (secondary N) is 3. The maximum absolute atomic E-state index is 12.2. The van der Waals surface area contributed by atoms with Gasteiger partial charge in [0.2, 0.25) is 5.95 Å². The van der Waals surface area contributed by atoms with Crippen LogP contribution in [0.25, 0.3) is 11.0 Å². The Labute approximate surface area is 236 Å². The fourth-order valence-electron chi connectivity index (χ4n) is 6.09. The number of hydrogen-bond donors (Lipinski definition) is 4. The number of nitrogens with two attached hydrogens (primary N) is 1. The molecule has 3 aliphatic carbocycles. The lowest BCUT2D eigenvalue weighted by Gasteiger charge is -2.70. The van der Waals surface area contributed by atoms with Gasteiger partial charge in [-0.2, -0.15) is 4.98 Å². The highest BCUT2D eigenvalue weighted by molar-refractivity contribution is 5.87. The molecule has 1 amide bonds. The average Bonchev–Trinajstić information content (AvgIpc) is 3.24. The number of nitrogen functional groups attached to an aromatic ring is 1. The predicted octanol–water partition coefficient (Wildman–Crippen LogP) is 4.96. The van der Waals surface area contributed by atoms with Gasteiger partial charge in [-0.25, -0.2) is 9.78 Å². The van der Waals surface area contributed by atoms with Crippen molar-refractivity contribution in [3.05, 3.63) is 41.6 Å². The van der Waals surface area contributed by atoms with Crippen molar-refractivity contribution < 1.29 is 14.3 Å². The van der Waals surface area contributed by atoms with Crippen LogP contribution < -0.4 is 26.4 Å². The lowest BCUT2D eigenvalue weighted by Crippen LogP contribution is -2.83. The normalized spacial score (nSPS) is 21.4. The number of carbonyl (C=O) groups excluding carboxylic acids is 1. The molecule has 3 fully saturated rings. The van der Waals surface area contributed by atoms with Crippen molar-refractivity contribution >= 4 is 28.9 Å². The molecule has 3 aliphatic rings. The van der Waals surface area contributed by atoms with Gasteiger partial charge < -0.3 is 35.7 Å². The van der Waals surface area contributed by atoms with E-state index in [1.54, 1.807) is 7.11 Å². The SMILES string of the molecule is CCCCCNc1nc(N)nc2ccn(Cc3ccc(CNC45CC(NC(=O)OC(C)(C)C)(C4)C5)cc3OC)c12. The molecule has 0 saturated heterocycles. The Kier molecular flexibility index (Phi) is 7.56. The van der Waals surface area contributed by atoms with E-state index in [4.69, 9.17) is 15.2 Å². The fourth-order valence-corrected chi connectivity index (χ4v) is 6.09. The third kappa shape index (κ3) is 5.96. The van der Waals surface area contributed by atoms with Crippen LogP contribution in [-0.4, -0.2) is 51.0 Å². The summed E-state index contributed by atoms with van der Waals surface area (Å²) in [5.74, 6) is 1.88. The summed E-state index contributed by atoms with van der Waals surface area (Å²) in [6, 6.07) is 8.35. The number of amides is 1. The Morgan fingerprint density at radius 3 is 2.60 bits per heavy atom. The number of anilines is 2. The molecule has 0 atom stereocenters. The highest BCUT2D eigenvalue weighted by Gasteiger charge is 2.68. The molecular formula is C30H43N7O3. The van der Waals surface area contributed by atoms with Gasteiger partial charge in [0.15, 0.2) is 5.82 Å². The second-order valence-corrected chi connectivity index (χ2v) is 12.5. The smallest absolute Gasteiger partial charge is 0.408 e. The molecule has 2 heterocycles. The first-order chi connectivity index (χ1) is 19.0. The van der Waals surface area contributed by atoms with E-state index in [-0.39, 0.29) is 23.1 Å². The Balaban J connectivity index is 1.21. The molecule has 3 saturated carbocycles. The van der Waals surface area contributed by atoms with Gasteiger partial charge in [-0.3, -0.25) is 0 Å². The van der Waals surface area contributed by atoms with Crippen LogP contribution in [0.3, 0.4) is 0 Å². The lowest BCUT2D eigenvalue weighted by atomic mass is 9.44. The van der Waals surface area contributed by atoms with Gasteiger partial charge in [-0.15, -0.1) is 0 Å². The maximum Gasteiger partial charge on any atom is 0.408 e. The van der Waals surface area contributed by atoms with Crippen LogP contribution in [0, 0.1) is 0 Å². The Hall–Kier alpha value is -3.53. The molecule has 6 rings (SSSR count). The van der Waals surface area contributed by atoms with Gasteiger partial charge in [0.1, 0.15) is 16.9 Å². The molecule has 2 aromatic heterocycles. The molecule has 2 bridgehead atoms. The molecule has 3 aromatic rings. The van der Waals surface area contributed by atoms with Crippen LogP contribution in [0.4, 0.5) is 16.6 Å². The summed E-state index contributed by atoms with van der Waals surface area (Å²) in [7, 11) is 1.71. The Morgan fingerprint density at radius 1 is 1.12 bits per heavy atom. The summed E-state index contributed by atoms with van der Waals surface area (Å²) in [5.41, 5.74) is 9.46. The standard InChI is InChI=1S/C30H43N7O3/c1-6-7-8-12-32-25-24-22(34-26(31)35-25)11-13-37(24)16-21-10-9-20(14-23(21)39-5)15-33-29-17-30(18-29,19-29)36-27(38)40-28(2,3)4/h9-11,13-14,33H,6-8,12,15-19H2,1-5H3,(H,36,38)(H3,31,32,34,35). The van der Waals surface area contributed by atoms with Crippen LogP contribution >= 0.6 is 0 Å². The number of carbonyl (C=O) groups is 1. The van der Waals surface area contributed by atoms with Crippen LogP contribution in [0.5, 0.6) is 5.75 Å². The highest BCUT2D eigenvalue weighted by Crippen LogP contribution is 2.60. The van der Waals surface area contributed by atoms with Crippen molar-refractivity contribution in [3.63, 3.8) is 0 Å². The molecule has 0 spiro atoms. The summed E-state index contributed by atoms with van der Waals surface area (Å²) in [4.78, 5) is 21.1. The zero-order valence-corrected chi connectivity index (χ0v) is 24.4. The summed E-state index contributed by atoms with van der Waals surface area (Å²) in [6.07, 6.45) is 7.89. The fraction of sp³-hybridized carbons (Fsp3) is 0.567. The van der Waals surface area contributed by atoms with E-state index in [9.17, 15) is 4.79 Å². The number of unbranched alkanes of at least 4 members (excludes halogenated alkanes) is 2. The summed E-state index contributed by atoms with van der Waals surface area (Å²) in [5, 5.41) is 10.3. The number of alkyl carbamates (subject to hydrolysis) is 1. The average molecular weight is 550 g/mol. The van der Waals surface area contributed by atoms with E-state index < -0.39 is 5.60 Å². The van der Waals surface area contributed by atoms with Crippen LogP contribution in [0.2, 0.25) is 0 Å². The van der Waals surface area contributed by atoms with Crippen molar-refractivity contribution in [2.24, 2.45) is 0 Å². The molecule has 216 valence electrons. The van der Waals surface area contributed by atoms with E-state index in [0.717, 1.165) is 78.9 Å². The van der Waals surface area contributed by atoms with Crippen LogP contribution in [0.15, 0.2) is 30.5 Å². The molecule has 0 unspecified atom stereocenters. The summed E-state index contributed by atoms with van der Waals surface area (Å²) >= 11 is 0. The van der Waals surface area contributed by atoms with Crippen molar-refractivity contribution in [1.29, 1.82) is 0 Å². The van der Waals surface area contributed by atoms with E-state index in [1.807, 2.05) is 33.0 Å². The predicted molar refractivity (Wildman–Crippen MR) is 158 cm³/mol. The Morgan fingerprint density at radius 2 is 1.90 bits per heavy atom. The monoisotopic (exact) mass is 549 g/mol. The molecule has 10 heteroatoms. The number of hydrogen-bond acceptors (Lipinski definition) is 8. The molecule has 10 nitrogen and oxygen atoms in total.